The zero-order valence-electron chi connectivity index (χ0n) is 15.0. The van der Waals surface area contributed by atoms with E-state index in [9.17, 15) is 10.2 Å². The van der Waals surface area contributed by atoms with Gasteiger partial charge in [-0.15, -0.1) is 0 Å². The maximum atomic E-state index is 11.0. The van der Waals surface area contributed by atoms with Gasteiger partial charge in [0.25, 0.3) is 0 Å². The van der Waals surface area contributed by atoms with Gasteiger partial charge in [-0.25, -0.2) is 9.67 Å². The molecular weight excluding hydrogens is 328 g/mol. The second-order valence-corrected chi connectivity index (χ2v) is 8.90. The van der Waals surface area contributed by atoms with Gasteiger partial charge in [0.2, 0.25) is 0 Å². The first kappa shape index (κ1) is 16.4. The number of nitrogens with zero attached hydrogens (tertiary/aromatic N) is 4. The molecule has 4 fully saturated rings. The van der Waals surface area contributed by atoms with Crippen LogP contribution in [-0.4, -0.2) is 42.2 Å². The first-order valence-electron chi connectivity index (χ1n) is 9.74. The fraction of sp³-hybridized carbons (Fsp3) is 0.650. The largest absolute Gasteiger partial charge is 0.394 e. The molecule has 26 heavy (non-hydrogen) atoms. The molecule has 2 N–H and O–H groups in total. The summed E-state index contributed by atoms with van der Waals surface area (Å²) in [5, 5.41) is 25.1. The highest BCUT2D eigenvalue weighted by molar-refractivity contribution is 5.53. The lowest BCUT2D eigenvalue weighted by Gasteiger charge is -2.60. The molecule has 2 aromatic rings. The van der Waals surface area contributed by atoms with Crippen molar-refractivity contribution in [2.45, 2.75) is 57.1 Å². The van der Waals surface area contributed by atoms with Crippen molar-refractivity contribution in [1.29, 1.82) is 0 Å². The molecule has 6 rings (SSSR count). The van der Waals surface area contributed by atoms with Crippen LogP contribution in [0.25, 0.3) is 11.4 Å². The average molecular weight is 354 g/mol. The van der Waals surface area contributed by atoms with Gasteiger partial charge in [0.1, 0.15) is 5.82 Å². The van der Waals surface area contributed by atoms with Gasteiger partial charge in [-0.3, -0.25) is 4.98 Å². The third-order valence-corrected chi connectivity index (χ3v) is 6.68. The summed E-state index contributed by atoms with van der Waals surface area (Å²) in [7, 11) is 0. The Balaban J connectivity index is 1.47. The average Bonchev–Trinajstić information content (AvgIpc) is 2.96. The third-order valence-electron chi connectivity index (χ3n) is 6.68. The molecule has 0 aromatic carbocycles. The third kappa shape index (κ3) is 2.76. The number of aromatic nitrogens is 4. The van der Waals surface area contributed by atoms with Crippen molar-refractivity contribution in [2.24, 2.45) is 17.3 Å². The van der Waals surface area contributed by atoms with Crippen molar-refractivity contribution < 1.29 is 10.2 Å². The number of pyridine rings is 1. The molecule has 0 amide bonds. The smallest absolute Gasteiger partial charge is 0.181 e. The van der Waals surface area contributed by atoms with Crippen LogP contribution >= 0.6 is 0 Å². The van der Waals surface area contributed by atoms with Gasteiger partial charge < -0.3 is 10.2 Å². The minimum absolute atomic E-state index is 0.0499. The van der Waals surface area contributed by atoms with E-state index in [0.717, 1.165) is 37.1 Å². The van der Waals surface area contributed by atoms with Crippen molar-refractivity contribution >= 4 is 0 Å². The molecule has 2 heterocycles. The monoisotopic (exact) mass is 354 g/mol. The predicted molar refractivity (Wildman–Crippen MR) is 96.1 cm³/mol. The number of aliphatic hydroxyl groups is 2. The van der Waals surface area contributed by atoms with E-state index in [4.69, 9.17) is 4.98 Å². The van der Waals surface area contributed by atoms with Crippen LogP contribution in [0.15, 0.2) is 24.5 Å². The summed E-state index contributed by atoms with van der Waals surface area (Å²) in [5.41, 5.74) is 0.635. The van der Waals surface area contributed by atoms with Crippen molar-refractivity contribution in [1.82, 2.24) is 19.7 Å². The van der Waals surface area contributed by atoms with E-state index < -0.39 is 5.60 Å². The Morgan fingerprint density at radius 3 is 2.50 bits per heavy atom. The SMILES string of the molecule is OCCn1nc(-c2ccncc2)nc1CC12C[C@H]3C[C@@H](CC(O)(C3)C1)C2. The Morgan fingerprint density at radius 1 is 1.12 bits per heavy atom. The molecule has 0 spiro atoms. The zero-order chi connectivity index (χ0) is 17.8. The maximum Gasteiger partial charge on any atom is 0.181 e. The minimum atomic E-state index is -0.458. The molecule has 6 nitrogen and oxygen atoms in total. The van der Waals surface area contributed by atoms with E-state index in [1.165, 1.54) is 19.3 Å². The first-order chi connectivity index (χ1) is 12.6. The molecule has 4 saturated carbocycles. The summed E-state index contributed by atoms with van der Waals surface area (Å²) < 4.78 is 1.86. The summed E-state index contributed by atoms with van der Waals surface area (Å²) in [6.07, 6.45) is 10.9. The molecule has 6 heteroatoms. The van der Waals surface area contributed by atoms with Crippen LogP contribution in [0, 0.1) is 17.3 Å². The van der Waals surface area contributed by atoms with E-state index in [1.54, 1.807) is 12.4 Å². The molecule has 2 atom stereocenters. The van der Waals surface area contributed by atoms with Crippen LogP contribution in [0.2, 0.25) is 0 Å². The van der Waals surface area contributed by atoms with Crippen LogP contribution in [0.5, 0.6) is 0 Å². The van der Waals surface area contributed by atoms with E-state index in [-0.39, 0.29) is 12.0 Å². The van der Waals surface area contributed by atoms with Crippen LogP contribution in [0.3, 0.4) is 0 Å². The van der Waals surface area contributed by atoms with Crippen LogP contribution in [0.4, 0.5) is 0 Å². The van der Waals surface area contributed by atoms with Crippen LogP contribution in [-0.2, 0) is 13.0 Å². The Morgan fingerprint density at radius 2 is 1.85 bits per heavy atom. The lowest BCUT2D eigenvalue weighted by molar-refractivity contribution is -0.163. The van der Waals surface area contributed by atoms with Gasteiger partial charge in [-0.05, 0) is 67.9 Å². The quantitative estimate of drug-likeness (QED) is 0.860. The fourth-order valence-corrected chi connectivity index (χ4v) is 6.35. The molecule has 4 aliphatic rings. The predicted octanol–water partition coefficient (Wildman–Crippen LogP) is 2.21. The second kappa shape index (κ2) is 5.86. The Bertz CT molecular complexity index is 789. The van der Waals surface area contributed by atoms with Crippen LogP contribution in [0.1, 0.15) is 44.3 Å². The molecule has 2 aromatic heterocycles. The molecule has 0 unspecified atom stereocenters. The minimum Gasteiger partial charge on any atom is -0.394 e. The highest BCUT2D eigenvalue weighted by atomic mass is 16.3. The molecular formula is C20H26N4O2. The molecule has 0 radical (unpaired) electrons. The van der Waals surface area contributed by atoms with E-state index in [1.807, 2.05) is 16.8 Å². The van der Waals surface area contributed by atoms with Crippen molar-refractivity contribution in [3.05, 3.63) is 30.4 Å². The summed E-state index contributed by atoms with van der Waals surface area (Å²) in [4.78, 5) is 8.89. The summed E-state index contributed by atoms with van der Waals surface area (Å²) >= 11 is 0. The standard InChI is InChI=1S/C20H26N4O2/c25-6-5-24-17(22-18(23-24)16-1-3-21-4-2-16)12-19-8-14-7-15(9-19)11-20(26,10-14)13-19/h1-4,14-15,25-26H,5-13H2/t14-,15-,19?,20?/m1/s1. The number of hydrogen-bond donors (Lipinski definition) is 2. The Labute approximate surface area is 153 Å². The summed E-state index contributed by atoms with van der Waals surface area (Å²) in [6, 6.07) is 3.83. The number of aliphatic hydroxyl groups excluding tert-OH is 1. The van der Waals surface area contributed by atoms with Gasteiger partial charge in [-0.2, -0.15) is 5.10 Å². The van der Waals surface area contributed by atoms with E-state index >= 15 is 0 Å². The number of hydrogen-bond acceptors (Lipinski definition) is 5. The fourth-order valence-electron chi connectivity index (χ4n) is 6.35. The normalized spacial score (nSPS) is 35.2. The van der Waals surface area contributed by atoms with Gasteiger partial charge in [0, 0.05) is 24.4 Å². The first-order valence-corrected chi connectivity index (χ1v) is 9.74. The molecule has 138 valence electrons. The zero-order valence-corrected chi connectivity index (χ0v) is 15.0. The topological polar surface area (TPSA) is 84.1 Å². The van der Waals surface area contributed by atoms with Gasteiger partial charge in [0.05, 0.1) is 18.8 Å². The lowest BCUT2D eigenvalue weighted by atomic mass is 9.47. The molecule has 0 aliphatic heterocycles. The number of rotatable bonds is 5. The maximum absolute atomic E-state index is 11.0. The van der Waals surface area contributed by atoms with Gasteiger partial charge in [-0.1, -0.05) is 0 Å². The summed E-state index contributed by atoms with van der Waals surface area (Å²) in [5.74, 6) is 2.96. The Kier molecular flexibility index (Phi) is 3.69. The highest BCUT2D eigenvalue weighted by Gasteiger charge is 2.57. The summed E-state index contributed by atoms with van der Waals surface area (Å²) in [6.45, 7) is 0.509. The van der Waals surface area contributed by atoms with Crippen LogP contribution < -0.4 is 0 Å². The molecule has 0 saturated heterocycles. The van der Waals surface area contributed by atoms with Crippen molar-refractivity contribution in [3.8, 4) is 11.4 Å². The molecule has 4 bridgehead atoms. The van der Waals surface area contributed by atoms with Crippen molar-refractivity contribution in [3.63, 3.8) is 0 Å². The highest BCUT2D eigenvalue weighted by Crippen LogP contribution is 2.62. The van der Waals surface area contributed by atoms with Gasteiger partial charge in [0.15, 0.2) is 5.82 Å². The van der Waals surface area contributed by atoms with Crippen molar-refractivity contribution in [2.75, 3.05) is 6.61 Å². The van der Waals surface area contributed by atoms with E-state index in [0.29, 0.717) is 24.2 Å². The van der Waals surface area contributed by atoms with E-state index in [2.05, 4.69) is 10.1 Å². The van der Waals surface area contributed by atoms with Gasteiger partial charge >= 0.3 is 0 Å². The Hall–Kier alpha value is -1.79. The lowest BCUT2D eigenvalue weighted by Crippen LogP contribution is -2.56. The molecule has 4 aliphatic carbocycles. The second-order valence-electron chi connectivity index (χ2n) is 8.90.